The molecule has 3 nitrogen and oxygen atoms in total. The Hall–Kier alpha value is -1.35. The minimum absolute atomic E-state index is 0.687. The summed E-state index contributed by atoms with van der Waals surface area (Å²) in [6, 6.07) is 2.85. The molecule has 2 atom stereocenters. The molecule has 0 aliphatic carbocycles. The molecular formula is C12H15N3. The quantitative estimate of drug-likeness (QED) is 0.777. The summed E-state index contributed by atoms with van der Waals surface area (Å²) in [5, 5.41) is 3.43. The van der Waals surface area contributed by atoms with E-state index in [0.29, 0.717) is 6.04 Å². The van der Waals surface area contributed by atoms with Gasteiger partial charge in [-0.15, -0.1) is 0 Å². The van der Waals surface area contributed by atoms with Crippen LogP contribution >= 0.6 is 0 Å². The van der Waals surface area contributed by atoms with Crippen molar-refractivity contribution >= 4 is 11.8 Å². The molecule has 1 aromatic rings. The van der Waals surface area contributed by atoms with E-state index < -0.39 is 0 Å². The molecule has 2 aliphatic heterocycles. The number of hydrogen-bond donors (Lipinski definition) is 1. The SMILES string of the molecule is C=Cc1cncc(N2C[C@H]3CNC[C@H]32)c1. The predicted octanol–water partition coefficient (Wildman–Crippen LogP) is 1.13. The summed E-state index contributed by atoms with van der Waals surface area (Å²) in [5.41, 5.74) is 2.33. The van der Waals surface area contributed by atoms with E-state index >= 15 is 0 Å². The van der Waals surface area contributed by atoms with Crippen molar-refractivity contribution in [2.75, 3.05) is 24.5 Å². The summed E-state index contributed by atoms with van der Waals surface area (Å²) < 4.78 is 0. The molecule has 0 amide bonds. The maximum atomic E-state index is 4.24. The highest BCUT2D eigenvalue weighted by atomic mass is 15.3. The van der Waals surface area contributed by atoms with Gasteiger partial charge < -0.3 is 10.2 Å². The van der Waals surface area contributed by atoms with Gasteiger partial charge in [0.1, 0.15) is 0 Å². The van der Waals surface area contributed by atoms with Gasteiger partial charge in [-0.2, -0.15) is 0 Å². The van der Waals surface area contributed by atoms with Crippen LogP contribution in [0.5, 0.6) is 0 Å². The molecule has 0 bridgehead atoms. The van der Waals surface area contributed by atoms with Crippen LogP contribution in [0, 0.1) is 5.92 Å². The van der Waals surface area contributed by atoms with Crippen LogP contribution in [0.4, 0.5) is 5.69 Å². The molecule has 3 rings (SSSR count). The smallest absolute Gasteiger partial charge is 0.0561 e. The van der Waals surface area contributed by atoms with Crippen molar-refractivity contribution in [3.63, 3.8) is 0 Å². The van der Waals surface area contributed by atoms with Gasteiger partial charge in [0.2, 0.25) is 0 Å². The Morgan fingerprint density at radius 2 is 2.40 bits per heavy atom. The van der Waals surface area contributed by atoms with Crippen molar-refractivity contribution in [2.24, 2.45) is 5.92 Å². The van der Waals surface area contributed by atoms with E-state index in [4.69, 9.17) is 0 Å². The molecule has 3 heterocycles. The van der Waals surface area contributed by atoms with E-state index in [1.807, 2.05) is 18.5 Å². The summed E-state index contributed by atoms with van der Waals surface area (Å²) in [5.74, 6) is 0.845. The number of nitrogens with zero attached hydrogens (tertiary/aromatic N) is 2. The monoisotopic (exact) mass is 201 g/mol. The Kier molecular flexibility index (Phi) is 1.99. The molecule has 2 aliphatic rings. The van der Waals surface area contributed by atoms with Crippen LogP contribution < -0.4 is 10.2 Å². The number of nitrogens with one attached hydrogen (secondary N) is 1. The third-order valence-corrected chi connectivity index (χ3v) is 3.45. The second kappa shape index (κ2) is 3.35. The van der Waals surface area contributed by atoms with Crippen LogP contribution in [0.1, 0.15) is 5.56 Å². The second-order valence-corrected chi connectivity index (χ2v) is 4.32. The molecule has 0 saturated carbocycles. The molecule has 0 spiro atoms. The van der Waals surface area contributed by atoms with Gasteiger partial charge >= 0.3 is 0 Å². The normalized spacial score (nSPS) is 28.4. The highest BCUT2D eigenvalue weighted by molar-refractivity contribution is 5.57. The van der Waals surface area contributed by atoms with Crippen LogP contribution in [-0.2, 0) is 0 Å². The first-order chi connectivity index (χ1) is 7.38. The molecule has 78 valence electrons. The topological polar surface area (TPSA) is 28.2 Å². The number of pyridine rings is 1. The zero-order valence-corrected chi connectivity index (χ0v) is 8.69. The van der Waals surface area contributed by atoms with E-state index in [1.54, 1.807) is 0 Å². The number of hydrogen-bond acceptors (Lipinski definition) is 3. The molecule has 1 aromatic heterocycles. The van der Waals surface area contributed by atoms with E-state index in [0.717, 1.165) is 18.0 Å². The number of rotatable bonds is 2. The van der Waals surface area contributed by atoms with E-state index in [9.17, 15) is 0 Å². The molecule has 2 fully saturated rings. The summed E-state index contributed by atoms with van der Waals surface area (Å²) >= 11 is 0. The van der Waals surface area contributed by atoms with Crippen LogP contribution in [0.25, 0.3) is 6.08 Å². The van der Waals surface area contributed by atoms with Gasteiger partial charge in [-0.05, 0) is 11.6 Å². The number of fused-ring (bicyclic) bond motifs is 1. The molecule has 2 saturated heterocycles. The van der Waals surface area contributed by atoms with Crippen LogP contribution in [0.15, 0.2) is 25.0 Å². The lowest BCUT2D eigenvalue weighted by Crippen LogP contribution is -2.55. The van der Waals surface area contributed by atoms with Crippen molar-refractivity contribution in [3.8, 4) is 0 Å². The molecule has 0 unspecified atom stereocenters. The van der Waals surface area contributed by atoms with Crippen LogP contribution in [-0.4, -0.2) is 30.7 Å². The molecule has 0 aromatic carbocycles. The second-order valence-electron chi connectivity index (χ2n) is 4.32. The molecule has 0 radical (unpaired) electrons. The average molecular weight is 201 g/mol. The maximum absolute atomic E-state index is 4.24. The summed E-state index contributed by atoms with van der Waals surface area (Å²) in [7, 11) is 0. The fourth-order valence-electron chi connectivity index (χ4n) is 2.53. The third-order valence-electron chi connectivity index (χ3n) is 3.45. The molecule has 1 N–H and O–H groups in total. The lowest BCUT2D eigenvalue weighted by Gasteiger charge is -2.45. The van der Waals surface area contributed by atoms with Crippen molar-refractivity contribution in [2.45, 2.75) is 6.04 Å². The lowest BCUT2D eigenvalue weighted by molar-refractivity contribution is 0.365. The highest BCUT2D eigenvalue weighted by Crippen LogP contribution is 2.33. The van der Waals surface area contributed by atoms with Gasteiger partial charge in [0.05, 0.1) is 11.9 Å². The summed E-state index contributed by atoms with van der Waals surface area (Å²) in [6.07, 6.45) is 5.64. The Balaban J connectivity index is 1.84. The van der Waals surface area contributed by atoms with Crippen molar-refractivity contribution in [1.82, 2.24) is 10.3 Å². The Morgan fingerprint density at radius 3 is 3.20 bits per heavy atom. The van der Waals surface area contributed by atoms with Crippen molar-refractivity contribution in [1.29, 1.82) is 0 Å². The lowest BCUT2D eigenvalue weighted by atomic mass is 9.91. The fraction of sp³-hybridized carbons (Fsp3) is 0.417. The molecule has 3 heteroatoms. The summed E-state index contributed by atoms with van der Waals surface area (Å²) in [4.78, 5) is 6.67. The van der Waals surface area contributed by atoms with E-state index in [-0.39, 0.29) is 0 Å². The first kappa shape index (κ1) is 8.92. The zero-order chi connectivity index (χ0) is 10.3. The van der Waals surface area contributed by atoms with E-state index in [1.165, 1.54) is 18.8 Å². The largest absolute Gasteiger partial charge is 0.365 e. The van der Waals surface area contributed by atoms with Crippen LogP contribution in [0.2, 0.25) is 0 Å². The van der Waals surface area contributed by atoms with Gasteiger partial charge in [0, 0.05) is 37.8 Å². The summed E-state index contributed by atoms with van der Waals surface area (Å²) in [6.45, 7) is 7.23. The minimum Gasteiger partial charge on any atom is -0.365 e. The number of aromatic nitrogens is 1. The standard InChI is InChI=1S/C12H15N3/c1-2-9-3-11(6-13-4-9)15-8-10-5-14-7-12(10)15/h2-4,6,10,12,14H,1,5,7-8H2/t10-,12-/m1/s1. The Bertz CT molecular complexity index is 388. The highest BCUT2D eigenvalue weighted by Gasteiger charge is 2.42. The maximum Gasteiger partial charge on any atom is 0.0561 e. The van der Waals surface area contributed by atoms with E-state index in [2.05, 4.69) is 27.8 Å². The van der Waals surface area contributed by atoms with Crippen LogP contribution in [0.3, 0.4) is 0 Å². The zero-order valence-electron chi connectivity index (χ0n) is 8.69. The van der Waals surface area contributed by atoms with Gasteiger partial charge in [0.15, 0.2) is 0 Å². The van der Waals surface area contributed by atoms with Crippen molar-refractivity contribution < 1.29 is 0 Å². The fourth-order valence-corrected chi connectivity index (χ4v) is 2.53. The molecular weight excluding hydrogens is 186 g/mol. The number of anilines is 1. The van der Waals surface area contributed by atoms with Gasteiger partial charge in [-0.25, -0.2) is 0 Å². The average Bonchev–Trinajstić information content (AvgIpc) is 2.61. The van der Waals surface area contributed by atoms with Crippen molar-refractivity contribution in [3.05, 3.63) is 30.6 Å². The Labute approximate surface area is 89.8 Å². The minimum atomic E-state index is 0.687. The third kappa shape index (κ3) is 1.35. The van der Waals surface area contributed by atoms with Gasteiger partial charge in [-0.1, -0.05) is 12.7 Å². The Morgan fingerprint density at radius 1 is 1.47 bits per heavy atom. The van der Waals surface area contributed by atoms with Gasteiger partial charge in [0.25, 0.3) is 0 Å². The van der Waals surface area contributed by atoms with Gasteiger partial charge in [-0.3, -0.25) is 4.98 Å². The first-order valence-electron chi connectivity index (χ1n) is 5.43. The molecule has 15 heavy (non-hydrogen) atoms. The first-order valence-corrected chi connectivity index (χ1v) is 5.43. The predicted molar refractivity (Wildman–Crippen MR) is 61.8 cm³/mol.